The number of carboxylic acid groups (broad SMARTS) is 1. The molecule has 0 aliphatic carbocycles. The molecular weight excluding hydrogens is 294 g/mol. The number of anilines is 1. The van der Waals surface area contributed by atoms with Crippen molar-refractivity contribution in [2.24, 2.45) is 0 Å². The molecule has 2 rings (SSSR count). The normalized spacial score (nSPS) is 23.2. The molecule has 1 aromatic rings. The molecule has 1 aromatic carbocycles. The molecule has 1 aliphatic heterocycles. The van der Waals surface area contributed by atoms with Crippen LogP contribution in [0.4, 0.5) is 5.69 Å². The van der Waals surface area contributed by atoms with Gasteiger partial charge in [0.25, 0.3) is 0 Å². The van der Waals surface area contributed by atoms with E-state index < -0.39 is 5.97 Å². The Morgan fingerprint density at radius 3 is 2.95 bits per heavy atom. The fourth-order valence-electron chi connectivity index (χ4n) is 2.37. The zero-order valence-electron chi connectivity index (χ0n) is 11.5. The molecule has 0 bridgehead atoms. The Labute approximate surface area is 128 Å². The van der Waals surface area contributed by atoms with Gasteiger partial charge in [0.1, 0.15) is 0 Å². The van der Waals surface area contributed by atoms with Gasteiger partial charge in [-0.3, -0.25) is 0 Å². The second-order valence-corrected chi connectivity index (χ2v) is 6.75. The van der Waals surface area contributed by atoms with Crippen LogP contribution >= 0.6 is 23.4 Å². The smallest absolute Gasteiger partial charge is 0.328 e. The summed E-state index contributed by atoms with van der Waals surface area (Å²) in [6.07, 6.45) is 2.72. The Morgan fingerprint density at radius 1 is 1.50 bits per heavy atom. The predicted octanol–water partition coefficient (Wildman–Crippen LogP) is 3.77. The molecular formula is C15H18ClNO2S. The molecule has 1 heterocycles. The third kappa shape index (κ3) is 3.30. The van der Waals surface area contributed by atoms with Gasteiger partial charge >= 0.3 is 5.97 Å². The van der Waals surface area contributed by atoms with Crippen molar-refractivity contribution in [3.63, 3.8) is 0 Å². The lowest BCUT2D eigenvalue weighted by Gasteiger charge is -2.40. The third-order valence-electron chi connectivity index (χ3n) is 3.62. The van der Waals surface area contributed by atoms with Crippen LogP contribution in [0.25, 0.3) is 6.08 Å². The summed E-state index contributed by atoms with van der Waals surface area (Å²) in [6.45, 7) is 5.37. The number of carbonyl (C=O) groups is 1. The van der Waals surface area contributed by atoms with Crippen molar-refractivity contribution in [3.05, 3.63) is 34.9 Å². The highest BCUT2D eigenvalue weighted by Gasteiger charge is 2.26. The standard InChI is InChI=1S/C15H18ClNO2S/c1-10-11(2)20-9-8-17(10)14-5-3-4-13(16)12(14)6-7-15(18)19/h3-7,10-11H,8-9H2,1-2H3,(H,18,19)/b7-6+. The molecule has 1 aliphatic rings. The molecule has 0 radical (unpaired) electrons. The van der Waals surface area contributed by atoms with Crippen molar-refractivity contribution in [1.82, 2.24) is 0 Å². The molecule has 5 heteroatoms. The van der Waals surface area contributed by atoms with Crippen LogP contribution in [0.5, 0.6) is 0 Å². The number of benzene rings is 1. The minimum absolute atomic E-state index is 0.393. The number of hydrogen-bond donors (Lipinski definition) is 1. The van der Waals surface area contributed by atoms with E-state index in [0.29, 0.717) is 16.3 Å². The highest BCUT2D eigenvalue weighted by atomic mass is 35.5. The van der Waals surface area contributed by atoms with Gasteiger partial charge in [-0.2, -0.15) is 11.8 Å². The Bertz CT molecular complexity index is 533. The van der Waals surface area contributed by atoms with Crippen molar-refractivity contribution >= 4 is 41.1 Å². The Hall–Kier alpha value is -1.13. The van der Waals surface area contributed by atoms with E-state index in [1.807, 2.05) is 23.9 Å². The van der Waals surface area contributed by atoms with Gasteiger partial charge in [0, 0.05) is 45.9 Å². The van der Waals surface area contributed by atoms with Gasteiger partial charge in [-0.1, -0.05) is 24.6 Å². The van der Waals surface area contributed by atoms with Gasteiger partial charge in [-0.05, 0) is 25.1 Å². The average Bonchev–Trinajstić information content (AvgIpc) is 2.40. The lowest BCUT2D eigenvalue weighted by Crippen LogP contribution is -2.45. The SMILES string of the molecule is CC1SCCN(c2cccc(Cl)c2/C=C/C(=O)O)C1C. The topological polar surface area (TPSA) is 40.5 Å². The van der Waals surface area contributed by atoms with Crippen LogP contribution in [0.2, 0.25) is 5.02 Å². The molecule has 0 amide bonds. The van der Waals surface area contributed by atoms with E-state index in [9.17, 15) is 4.79 Å². The Morgan fingerprint density at radius 2 is 2.25 bits per heavy atom. The number of thioether (sulfide) groups is 1. The number of nitrogens with zero attached hydrogens (tertiary/aromatic N) is 1. The van der Waals surface area contributed by atoms with Crippen LogP contribution in [0.3, 0.4) is 0 Å². The van der Waals surface area contributed by atoms with Crippen LogP contribution in [-0.4, -0.2) is 34.7 Å². The maximum atomic E-state index is 10.7. The first kappa shape index (κ1) is 15.3. The van der Waals surface area contributed by atoms with Crippen molar-refractivity contribution in [2.45, 2.75) is 25.1 Å². The molecule has 2 unspecified atom stereocenters. The fourth-order valence-corrected chi connectivity index (χ4v) is 3.70. The molecule has 2 atom stereocenters. The maximum absolute atomic E-state index is 10.7. The molecule has 0 aromatic heterocycles. The monoisotopic (exact) mass is 311 g/mol. The van der Waals surface area contributed by atoms with Gasteiger partial charge in [0.15, 0.2) is 0 Å². The predicted molar refractivity (Wildman–Crippen MR) is 86.8 cm³/mol. The molecule has 3 nitrogen and oxygen atoms in total. The van der Waals surface area contributed by atoms with E-state index in [2.05, 4.69) is 18.7 Å². The van der Waals surface area contributed by atoms with Gasteiger partial charge in [0.05, 0.1) is 0 Å². The lowest BCUT2D eigenvalue weighted by molar-refractivity contribution is -0.131. The molecule has 0 spiro atoms. The molecule has 108 valence electrons. The van der Waals surface area contributed by atoms with Crippen LogP contribution in [0, 0.1) is 0 Å². The van der Waals surface area contributed by atoms with Crippen LogP contribution in [-0.2, 0) is 4.79 Å². The van der Waals surface area contributed by atoms with E-state index >= 15 is 0 Å². The number of aliphatic carboxylic acids is 1. The van der Waals surface area contributed by atoms with Crippen molar-refractivity contribution in [3.8, 4) is 0 Å². The Kier molecular flexibility index (Phi) is 5.00. The van der Waals surface area contributed by atoms with Gasteiger partial charge in [-0.15, -0.1) is 0 Å². The highest BCUT2D eigenvalue weighted by molar-refractivity contribution is 8.00. The summed E-state index contributed by atoms with van der Waals surface area (Å²) in [4.78, 5) is 13.1. The first-order chi connectivity index (χ1) is 9.50. The lowest BCUT2D eigenvalue weighted by atomic mass is 10.1. The minimum Gasteiger partial charge on any atom is -0.478 e. The second kappa shape index (κ2) is 6.55. The van der Waals surface area contributed by atoms with Gasteiger partial charge in [0.2, 0.25) is 0 Å². The van der Waals surface area contributed by atoms with E-state index in [1.165, 1.54) is 0 Å². The van der Waals surface area contributed by atoms with Gasteiger partial charge in [-0.25, -0.2) is 4.79 Å². The summed E-state index contributed by atoms with van der Waals surface area (Å²) < 4.78 is 0. The molecule has 1 N–H and O–H groups in total. The van der Waals surface area contributed by atoms with E-state index in [1.54, 1.807) is 12.1 Å². The summed E-state index contributed by atoms with van der Waals surface area (Å²) in [5.41, 5.74) is 1.79. The summed E-state index contributed by atoms with van der Waals surface area (Å²) in [7, 11) is 0. The maximum Gasteiger partial charge on any atom is 0.328 e. The van der Waals surface area contributed by atoms with E-state index in [-0.39, 0.29) is 0 Å². The van der Waals surface area contributed by atoms with Crippen molar-refractivity contribution in [1.29, 1.82) is 0 Å². The zero-order chi connectivity index (χ0) is 14.7. The summed E-state index contributed by atoms with van der Waals surface area (Å²) in [6, 6.07) is 6.10. The summed E-state index contributed by atoms with van der Waals surface area (Å²) in [5, 5.41) is 9.94. The quantitative estimate of drug-likeness (QED) is 0.863. The second-order valence-electron chi connectivity index (χ2n) is 4.85. The highest BCUT2D eigenvalue weighted by Crippen LogP contribution is 2.34. The number of hydrogen-bond acceptors (Lipinski definition) is 3. The largest absolute Gasteiger partial charge is 0.478 e. The van der Waals surface area contributed by atoms with Crippen LogP contribution in [0.15, 0.2) is 24.3 Å². The van der Waals surface area contributed by atoms with Crippen LogP contribution < -0.4 is 4.90 Å². The zero-order valence-corrected chi connectivity index (χ0v) is 13.1. The third-order valence-corrected chi connectivity index (χ3v) is 5.28. The van der Waals surface area contributed by atoms with E-state index in [4.69, 9.17) is 16.7 Å². The average molecular weight is 312 g/mol. The molecule has 1 fully saturated rings. The minimum atomic E-state index is -0.966. The fraction of sp³-hybridized carbons (Fsp3) is 0.400. The van der Waals surface area contributed by atoms with E-state index in [0.717, 1.165) is 29.6 Å². The summed E-state index contributed by atoms with van der Waals surface area (Å²) >= 11 is 8.21. The van der Waals surface area contributed by atoms with Gasteiger partial charge < -0.3 is 10.0 Å². The first-order valence-electron chi connectivity index (χ1n) is 6.58. The number of carboxylic acids is 1. The number of halogens is 1. The molecule has 0 saturated carbocycles. The first-order valence-corrected chi connectivity index (χ1v) is 8.01. The van der Waals surface area contributed by atoms with Crippen molar-refractivity contribution < 1.29 is 9.90 Å². The van der Waals surface area contributed by atoms with Crippen molar-refractivity contribution in [2.75, 3.05) is 17.2 Å². The van der Waals surface area contributed by atoms with Crippen LogP contribution in [0.1, 0.15) is 19.4 Å². The molecule has 1 saturated heterocycles. The summed E-state index contributed by atoms with van der Waals surface area (Å²) in [5.74, 6) is 0.103. The number of rotatable bonds is 3. The molecule has 20 heavy (non-hydrogen) atoms. The Balaban J connectivity index is 2.40.